The number of aromatic nitrogens is 5. The third-order valence-electron chi connectivity index (χ3n) is 3.74. The molecule has 0 bridgehead atoms. The maximum atomic E-state index is 12.2. The molecule has 0 aromatic carbocycles. The van der Waals surface area contributed by atoms with Crippen molar-refractivity contribution in [2.45, 2.75) is 38.0 Å². The fourth-order valence-corrected chi connectivity index (χ4v) is 2.53. The zero-order valence-electron chi connectivity index (χ0n) is 13.2. The van der Waals surface area contributed by atoms with E-state index < -0.39 is 0 Å². The molecular formula is C15H20N6O3. The number of hydrogen-bond donors (Lipinski definition) is 1. The number of rotatable bonds is 7. The second-order valence-corrected chi connectivity index (χ2v) is 5.54. The molecular weight excluding hydrogens is 312 g/mol. The summed E-state index contributed by atoms with van der Waals surface area (Å²) in [5.41, 5.74) is 0. The topological polar surface area (TPSA) is 104 Å². The van der Waals surface area contributed by atoms with Crippen molar-refractivity contribution in [2.24, 2.45) is 0 Å². The Labute approximate surface area is 139 Å². The summed E-state index contributed by atoms with van der Waals surface area (Å²) in [6.45, 7) is 1.66. The van der Waals surface area contributed by atoms with E-state index in [1.807, 2.05) is 12.1 Å². The lowest BCUT2D eigenvalue weighted by Crippen LogP contribution is -2.51. The van der Waals surface area contributed by atoms with Crippen molar-refractivity contribution in [1.29, 1.82) is 0 Å². The van der Waals surface area contributed by atoms with Gasteiger partial charge in [-0.25, -0.2) is 9.67 Å². The van der Waals surface area contributed by atoms with Crippen LogP contribution in [0.2, 0.25) is 0 Å². The molecule has 2 aromatic heterocycles. The summed E-state index contributed by atoms with van der Waals surface area (Å²) in [7, 11) is 0. The third-order valence-corrected chi connectivity index (χ3v) is 3.74. The number of aryl methyl sites for hydroxylation is 1. The van der Waals surface area contributed by atoms with Gasteiger partial charge in [-0.05, 0) is 29.3 Å². The molecule has 128 valence electrons. The van der Waals surface area contributed by atoms with E-state index in [4.69, 9.17) is 9.47 Å². The minimum atomic E-state index is -0.239. The van der Waals surface area contributed by atoms with E-state index in [1.165, 1.54) is 6.33 Å². The van der Waals surface area contributed by atoms with Gasteiger partial charge in [0.1, 0.15) is 12.4 Å². The molecule has 0 saturated carbocycles. The molecule has 9 nitrogen and oxygen atoms in total. The van der Waals surface area contributed by atoms with E-state index in [0.29, 0.717) is 38.5 Å². The van der Waals surface area contributed by atoms with Gasteiger partial charge in [0.05, 0.1) is 12.6 Å². The Kier molecular flexibility index (Phi) is 5.67. The molecule has 2 atom stereocenters. The summed E-state index contributed by atoms with van der Waals surface area (Å²) in [6, 6.07) is 5.40. The van der Waals surface area contributed by atoms with Crippen LogP contribution in [-0.2, 0) is 16.1 Å². The largest absolute Gasteiger partial charge is 0.470 e. The number of carbonyl (C=O) groups excluding carboxylic acids is 1. The Morgan fingerprint density at radius 3 is 3.21 bits per heavy atom. The quantitative estimate of drug-likeness (QED) is 0.772. The van der Waals surface area contributed by atoms with Crippen LogP contribution in [0.25, 0.3) is 0 Å². The molecule has 0 aliphatic carbocycles. The normalized spacial score (nSPS) is 20.5. The first kappa shape index (κ1) is 16.3. The molecule has 1 amide bonds. The zero-order valence-corrected chi connectivity index (χ0v) is 13.2. The second kappa shape index (κ2) is 8.34. The van der Waals surface area contributed by atoms with Crippen molar-refractivity contribution in [2.75, 3.05) is 13.2 Å². The molecule has 1 aliphatic heterocycles. The minimum Gasteiger partial charge on any atom is -0.470 e. The summed E-state index contributed by atoms with van der Waals surface area (Å²) in [6.07, 6.45) is 4.77. The van der Waals surface area contributed by atoms with Crippen molar-refractivity contribution >= 4 is 5.91 Å². The molecule has 3 heterocycles. The number of ether oxygens (including phenoxy) is 2. The van der Waals surface area contributed by atoms with Crippen LogP contribution >= 0.6 is 0 Å². The third kappa shape index (κ3) is 4.72. The first-order valence-corrected chi connectivity index (χ1v) is 7.97. The average Bonchev–Trinajstić information content (AvgIpc) is 3.11. The Bertz CT molecular complexity index is 621. The van der Waals surface area contributed by atoms with E-state index in [9.17, 15) is 4.79 Å². The van der Waals surface area contributed by atoms with Gasteiger partial charge in [-0.1, -0.05) is 6.07 Å². The number of amides is 1. The number of tetrazole rings is 1. The summed E-state index contributed by atoms with van der Waals surface area (Å²) < 4.78 is 12.9. The lowest BCUT2D eigenvalue weighted by atomic mass is 10.1. The van der Waals surface area contributed by atoms with Gasteiger partial charge in [0.25, 0.3) is 0 Å². The summed E-state index contributed by atoms with van der Waals surface area (Å²) in [5, 5.41) is 13.9. The van der Waals surface area contributed by atoms with Gasteiger partial charge in [0.2, 0.25) is 11.8 Å². The predicted octanol–water partition coefficient (Wildman–Crippen LogP) is 0.201. The molecule has 1 aliphatic rings. The minimum absolute atomic E-state index is 0.00963. The van der Waals surface area contributed by atoms with Crippen LogP contribution in [0, 0.1) is 0 Å². The van der Waals surface area contributed by atoms with Crippen molar-refractivity contribution in [3.05, 3.63) is 30.7 Å². The first-order chi connectivity index (χ1) is 11.8. The van der Waals surface area contributed by atoms with Gasteiger partial charge >= 0.3 is 0 Å². The monoisotopic (exact) mass is 332 g/mol. The van der Waals surface area contributed by atoms with Gasteiger partial charge in [0.15, 0.2) is 0 Å². The molecule has 3 rings (SSSR count). The lowest BCUT2D eigenvalue weighted by Gasteiger charge is -2.32. The summed E-state index contributed by atoms with van der Waals surface area (Å²) in [4.78, 5) is 16.3. The average molecular weight is 332 g/mol. The number of nitrogens with zero attached hydrogens (tertiary/aromatic N) is 5. The molecule has 1 fully saturated rings. The van der Waals surface area contributed by atoms with Crippen molar-refractivity contribution in [3.63, 3.8) is 0 Å². The Hall–Kier alpha value is -2.55. The molecule has 9 heteroatoms. The molecule has 24 heavy (non-hydrogen) atoms. The van der Waals surface area contributed by atoms with Crippen LogP contribution in [0.5, 0.6) is 5.88 Å². The molecule has 1 N–H and O–H groups in total. The van der Waals surface area contributed by atoms with E-state index in [0.717, 1.165) is 6.42 Å². The zero-order chi connectivity index (χ0) is 16.6. The van der Waals surface area contributed by atoms with Crippen molar-refractivity contribution in [1.82, 2.24) is 30.5 Å². The van der Waals surface area contributed by atoms with Crippen LogP contribution in [-0.4, -0.2) is 56.5 Å². The lowest BCUT2D eigenvalue weighted by molar-refractivity contribution is -0.124. The molecule has 1 saturated heterocycles. The number of hydrogen-bond acceptors (Lipinski definition) is 7. The standard InChI is InChI=1S/C15H20N6O3/c22-14(4-3-8-21-11-17-19-20-21)18-12-6-9-23-10-13(12)24-15-5-1-2-7-16-15/h1-2,5,7,11-13H,3-4,6,8-10H2,(H,18,22)/t12-,13-/m1/s1. The molecule has 0 spiro atoms. The fourth-order valence-electron chi connectivity index (χ4n) is 2.53. The van der Waals surface area contributed by atoms with Gasteiger partial charge < -0.3 is 14.8 Å². The van der Waals surface area contributed by atoms with Gasteiger partial charge in [-0.15, -0.1) is 5.10 Å². The van der Waals surface area contributed by atoms with Crippen molar-refractivity contribution < 1.29 is 14.3 Å². The first-order valence-electron chi connectivity index (χ1n) is 7.97. The molecule has 0 unspecified atom stereocenters. The van der Waals surface area contributed by atoms with E-state index >= 15 is 0 Å². The Morgan fingerprint density at radius 1 is 1.46 bits per heavy atom. The highest BCUT2D eigenvalue weighted by Gasteiger charge is 2.29. The van der Waals surface area contributed by atoms with Crippen LogP contribution in [0.1, 0.15) is 19.3 Å². The molecule has 0 radical (unpaired) electrons. The van der Waals surface area contributed by atoms with E-state index in [1.54, 1.807) is 16.9 Å². The van der Waals surface area contributed by atoms with Crippen LogP contribution in [0.4, 0.5) is 0 Å². The summed E-state index contributed by atoms with van der Waals surface area (Å²) >= 11 is 0. The number of pyridine rings is 1. The van der Waals surface area contributed by atoms with E-state index in [-0.39, 0.29) is 18.1 Å². The fraction of sp³-hybridized carbons (Fsp3) is 0.533. The van der Waals surface area contributed by atoms with Crippen LogP contribution in [0.15, 0.2) is 30.7 Å². The highest BCUT2D eigenvalue weighted by Crippen LogP contribution is 2.15. The van der Waals surface area contributed by atoms with Gasteiger partial charge in [-0.3, -0.25) is 4.79 Å². The maximum absolute atomic E-state index is 12.2. The Balaban J connectivity index is 1.47. The van der Waals surface area contributed by atoms with E-state index in [2.05, 4.69) is 25.8 Å². The SMILES string of the molecule is O=C(CCCn1cnnn1)N[C@@H]1CCOC[C@H]1Oc1ccccn1. The number of carbonyl (C=O) groups is 1. The molecule has 2 aromatic rings. The highest BCUT2D eigenvalue weighted by molar-refractivity contribution is 5.76. The summed E-state index contributed by atoms with van der Waals surface area (Å²) in [5.74, 6) is 0.524. The van der Waals surface area contributed by atoms with Gasteiger partial charge in [0, 0.05) is 31.8 Å². The Morgan fingerprint density at radius 2 is 2.42 bits per heavy atom. The van der Waals surface area contributed by atoms with Crippen molar-refractivity contribution in [3.8, 4) is 5.88 Å². The highest BCUT2D eigenvalue weighted by atomic mass is 16.5. The van der Waals surface area contributed by atoms with Gasteiger partial charge in [-0.2, -0.15) is 0 Å². The number of nitrogens with one attached hydrogen (secondary N) is 1. The second-order valence-electron chi connectivity index (χ2n) is 5.54. The maximum Gasteiger partial charge on any atom is 0.220 e. The van der Waals surface area contributed by atoms with Crippen LogP contribution in [0.3, 0.4) is 0 Å². The van der Waals surface area contributed by atoms with Crippen LogP contribution < -0.4 is 10.1 Å². The predicted molar refractivity (Wildman–Crippen MR) is 83.1 cm³/mol. The smallest absolute Gasteiger partial charge is 0.220 e.